The van der Waals surface area contributed by atoms with Crippen LogP contribution in [-0.2, 0) is 9.59 Å². The zero-order chi connectivity index (χ0) is 17.6. The number of rotatable bonds is 5. The van der Waals surface area contributed by atoms with E-state index in [0.717, 1.165) is 27.1 Å². The van der Waals surface area contributed by atoms with E-state index in [4.69, 9.17) is 0 Å². The molecule has 3 aromatic rings. The maximum Gasteiger partial charge on any atom is 0.248 e. The van der Waals surface area contributed by atoms with E-state index in [0.29, 0.717) is 17.8 Å². The summed E-state index contributed by atoms with van der Waals surface area (Å²) in [6.07, 6.45) is 4.33. The monoisotopic (exact) mass is 396 g/mol. The second kappa shape index (κ2) is 7.67. The summed E-state index contributed by atoms with van der Waals surface area (Å²) in [6, 6.07) is 13.0. The van der Waals surface area contributed by atoms with Crippen molar-refractivity contribution < 1.29 is 9.59 Å². The Hall–Kier alpha value is -3.06. The van der Waals surface area contributed by atoms with Crippen LogP contribution in [-0.4, -0.2) is 22.2 Å². The third-order valence-corrected chi connectivity index (χ3v) is 3.81. The Kier molecular flexibility index (Phi) is 5.15. The quantitative estimate of drug-likeness (QED) is 0.505. The van der Waals surface area contributed by atoms with E-state index in [1.807, 2.05) is 24.3 Å². The van der Waals surface area contributed by atoms with Crippen molar-refractivity contribution in [1.29, 1.82) is 0 Å². The molecule has 0 atom stereocenters. The van der Waals surface area contributed by atoms with Gasteiger partial charge in [0, 0.05) is 27.3 Å². The zero-order valence-electron chi connectivity index (χ0n) is 12.9. The predicted molar refractivity (Wildman–Crippen MR) is 101 cm³/mol. The third-order valence-electron chi connectivity index (χ3n) is 3.32. The van der Waals surface area contributed by atoms with Crippen molar-refractivity contribution in [3.63, 3.8) is 0 Å². The Labute approximate surface area is 152 Å². The van der Waals surface area contributed by atoms with Gasteiger partial charge in [-0.1, -0.05) is 22.0 Å². The smallest absolute Gasteiger partial charge is 0.248 e. The lowest BCUT2D eigenvalue weighted by Crippen LogP contribution is -2.08. The molecule has 0 saturated carbocycles. The minimum Gasteiger partial charge on any atom is -0.340 e. The molecular weight excluding hydrogens is 384 g/mol. The van der Waals surface area contributed by atoms with Gasteiger partial charge in [-0.25, -0.2) is 9.97 Å². The van der Waals surface area contributed by atoms with Gasteiger partial charge in [-0.05, 0) is 42.5 Å². The summed E-state index contributed by atoms with van der Waals surface area (Å²) in [5.74, 6) is 0.243. The molecule has 1 heterocycles. The lowest BCUT2D eigenvalue weighted by Gasteiger charge is -2.10. The summed E-state index contributed by atoms with van der Waals surface area (Å²) in [5, 5.41) is 6.71. The molecule has 0 aliphatic heterocycles. The SMILES string of the molecule is O=C/C=C\C(=O)Nc1ccc2ncnc(Nc3cccc(Br)c3)c2c1. The summed E-state index contributed by atoms with van der Waals surface area (Å²) in [5.41, 5.74) is 2.20. The fraction of sp³-hybridized carbons (Fsp3) is 0. The summed E-state index contributed by atoms with van der Waals surface area (Å²) < 4.78 is 0.950. The number of anilines is 3. The van der Waals surface area contributed by atoms with Crippen LogP contribution in [0.5, 0.6) is 0 Å². The highest BCUT2D eigenvalue weighted by molar-refractivity contribution is 9.10. The highest BCUT2D eigenvalue weighted by Gasteiger charge is 2.07. The van der Waals surface area contributed by atoms with E-state index in [1.54, 1.807) is 18.2 Å². The summed E-state index contributed by atoms with van der Waals surface area (Å²) in [7, 11) is 0. The van der Waals surface area contributed by atoms with Crippen molar-refractivity contribution in [2.24, 2.45) is 0 Å². The van der Waals surface area contributed by atoms with E-state index < -0.39 is 0 Å². The number of nitrogens with zero attached hydrogens (tertiary/aromatic N) is 2. The van der Waals surface area contributed by atoms with Crippen molar-refractivity contribution in [2.75, 3.05) is 10.6 Å². The molecule has 0 fully saturated rings. The maximum atomic E-state index is 11.7. The summed E-state index contributed by atoms with van der Waals surface area (Å²) >= 11 is 3.43. The average molecular weight is 397 g/mol. The third kappa shape index (κ3) is 4.27. The number of nitrogens with one attached hydrogen (secondary N) is 2. The number of hydrogen-bond donors (Lipinski definition) is 2. The number of benzene rings is 2. The largest absolute Gasteiger partial charge is 0.340 e. The van der Waals surface area contributed by atoms with Crippen molar-refractivity contribution in [3.05, 3.63) is 65.4 Å². The first-order valence-electron chi connectivity index (χ1n) is 7.36. The fourth-order valence-electron chi connectivity index (χ4n) is 2.25. The van der Waals surface area contributed by atoms with Crippen molar-refractivity contribution in [1.82, 2.24) is 9.97 Å². The molecule has 0 bridgehead atoms. The van der Waals surface area contributed by atoms with Gasteiger partial charge < -0.3 is 10.6 Å². The Bertz CT molecular complexity index is 972. The molecule has 124 valence electrons. The fourth-order valence-corrected chi connectivity index (χ4v) is 2.65. The van der Waals surface area contributed by atoms with Gasteiger partial charge in [0.2, 0.25) is 5.91 Å². The van der Waals surface area contributed by atoms with Crippen LogP contribution >= 0.6 is 15.9 Å². The Balaban J connectivity index is 1.93. The number of allylic oxidation sites excluding steroid dienone is 1. The molecule has 25 heavy (non-hydrogen) atoms. The second-order valence-corrected chi connectivity index (χ2v) is 5.99. The molecule has 0 radical (unpaired) electrons. The van der Waals surface area contributed by atoms with E-state index in [1.165, 1.54) is 12.4 Å². The molecule has 0 unspecified atom stereocenters. The summed E-state index contributed by atoms with van der Waals surface area (Å²) in [6.45, 7) is 0. The molecule has 2 N–H and O–H groups in total. The molecule has 1 aromatic heterocycles. The standard InChI is InChI=1S/C18H13BrN4O2/c19-12-3-1-4-13(9-12)23-18-15-10-14(22-17(25)5-2-8-24)6-7-16(15)20-11-21-18/h1-11H,(H,22,25)(H,20,21,23)/b5-2-. The maximum absolute atomic E-state index is 11.7. The minimum absolute atomic E-state index is 0.384. The zero-order valence-corrected chi connectivity index (χ0v) is 14.5. The Morgan fingerprint density at radius 2 is 1.96 bits per heavy atom. The number of fused-ring (bicyclic) bond motifs is 1. The molecule has 0 aliphatic carbocycles. The first-order valence-corrected chi connectivity index (χ1v) is 8.15. The van der Waals surface area contributed by atoms with Gasteiger partial charge in [0.1, 0.15) is 18.4 Å². The number of aldehydes is 1. The molecule has 2 aromatic carbocycles. The first-order chi connectivity index (χ1) is 12.2. The minimum atomic E-state index is -0.384. The topological polar surface area (TPSA) is 84.0 Å². The van der Waals surface area contributed by atoms with Crippen molar-refractivity contribution >= 4 is 56.2 Å². The van der Waals surface area contributed by atoms with Crippen LogP contribution < -0.4 is 10.6 Å². The van der Waals surface area contributed by atoms with Gasteiger partial charge in [0.25, 0.3) is 0 Å². The molecule has 3 rings (SSSR count). The lowest BCUT2D eigenvalue weighted by molar-refractivity contribution is -0.112. The van der Waals surface area contributed by atoms with E-state index in [9.17, 15) is 9.59 Å². The van der Waals surface area contributed by atoms with Crippen LogP contribution in [0.25, 0.3) is 10.9 Å². The molecule has 0 aliphatic rings. The average Bonchev–Trinajstić information content (AvgIpc) is 2.60. The Morgan fingerprint density at radius 1 is 1.08 bits per heavy atom. The van der Waals surface area contributed by atoms with Crippen LogP contribution in [0.4, 0.5) is 17.2 Å². The van der Waals surface area contributed by atoms with E-state index in [-0.39, 0.29) is 5.91 Å². The molecule has 0 saturated heterocycles. The molecular formula is C18H13BrN4O2. The van der Waals surface area contributed by atoms with Crippen molar-refractivity contribution in [3.8, 4) is 0 Å². The molecule has 1 amide bonds. The van der Waals surface area contributed by atoms with Gasteiger partial charge in [-0.2, -0.15) is 0 Å². The van der Waals surface area contributed by atoms with Gasteiger partial charge in [0.15, 0.2) is 0 Å². The Morgan fingerprint density at radius 3 is 2.76 bits per heavy atom. The van der Waals surface area contributed by atoms with Gasteiger partial charge in [0.05, 0.1) is 5.52 Å². The van der Waals surface area contributed by atoms with Gasteiger partial charge in [-0.3, -0.25) is 9.59 Å². The van der Waals surface area contributed by atoms with Crippen LogP contribution in [0.15, 0.2) is 65.4 Å². The second-order valence-electron chi connectivity index (χ2n) is 5.07. The van der Waals surface area contributed by atoms with Gasteiger partial charge >= 0.3 is 0 Å². The van der Waals surface area contributed by atoms with Crippen molar-refractivity contribution in [2.45, 2.75) is 0 Å². The first kappa shape index (κ1) is 16.8. The normalized spacial score (nSPS) is 10.8. The highest BCUT2D eigenvalue weighted by atomic mass is 79.9. The molecule has 6 nitrogen and oxygen atoms in total. The van der Waals surface area contributed by atoms with Crippen LogP contribution in [0.1, 0.15) is 0 Å². The van der Waals surface area contributed by atoms with Gasteiger partial charge in [-0.15, -0.1) is 0 Å². The highest BCUT2D eigenvalue weighted by Crippen LogP contribution is 2.26. The lowest BCUT2D eigenvalue weighted by atomic mass is 10.2. The van der Waals surface area contributed by atoms with Crippen LogP contribution in [0.2, 0.25) is 0 Å². The number of amides is 1. The number of aromatic nitrogens is 2. The predicted octanol–water partition coefficient (Wildman–Crippen LogP) is 3.83. The molecule has 0 spiro atoms. The number of carbonyl (C=O) groups is 2. The number of carbonyl (C=O) groups excluding carboxylic acids is 2. The van der Waals surface area contributed by atoms with E-state index in [2.05, 4.69) is 36.5 Å². The van der Waals surface area contributed by atoms with E-state index >= 15 is 0 Å². The van der Waals surface area contributed by atoms with Crippen LogP contribution in [0.3, 0.4) is 0 Å². The molecule has 7 heteroatoms. The number of hydrogen-bond acceptors (Lipinski definition) is 5. The number of halogens is 1. The van der Waals surface area contributed by atoms with Crippen LogP contribution in [0, 0.1) is 0 Å². The summed E-state index contributed by atoms with van der Waals surface area (Å²) in [4.78, 5) is 30.5.